The monoisotopic (exact) mass is 368 g/mol. The summed E-state index contributed by atoms with van der Waals surface area (Å²) in [6.07, 6.45) is 0.215. The maximum absolute atomic E-state index is 12.1. The van der Waals surface area contributed by atoms with E-state index in [2.05, 4.69) is 69.3 Å². The summed E-state index contributed by atoms with van der Waals surface area (Å²) in [7, 11) is -2.67. The first kappa shape index (κ1) is 19.0. The molecule has 4 heteroatoms. The molecule has 26 heavy (non-hydrogen) atoms. The van der Waals surface area contributed by atoms with Gasteiger partial charge >= 0.3 is 0 Å². The second-order valence-corrected chi connectivity index (χ2v) is 12.4. The lowest BCUT2D eigenvalue weighted by molar-refractivity contribution is -0.163. The molecule has 0 aliphatic carbocycles. The molecule has 2 atom stereocenters. The maximum Gasteiger partial charge on any atom is 0.264 e. The summed E-state index contributed by atoms with van der Waals surface area (Å²) >= 11 is 0. The number of ether oxygens (including phenoxy) is 1. The van der Waals surface area contributed by atoms with Crippen molar-refractivity contribution in [1.29, 1.82) is 0 Å². The van der Waals surface area contributed by atoms with Gasteiger partial charge in [0.15, 0.2) is 6.29 Å². The van der Waals surface area contributed by atoms with Gasteiger partial charge in [-0.25, -0.2) is 0 Å². The molecule has 1 saturated heterocycles. The minimum atomic E-state index is -2.67. The molecule has 0 amide bonds. The van der Waals surface area contributed by atoms with E-state index in [-0.39, 0.29) is 16.9 Å². The SMILES string of the molecule is C[C@H]1CC(=O)C[C@@H](O[Si](c2ccccc2)(c2ccccc2)C(C)(C)C)O1. The molecule has 138 valence electrons. The molecule has 2 aromatic rings. The highest BCUT2D eigenvalue weighted by Gasteiger charge is 2.52. The van der Waals surface area contributed by atoms with Crippen molar-refractivity contribution in [3.63, 3.8) is 0 Å². The number of carbonyl (C=O) groups excluding carboxylic acids is 1. The third-order valence-corrected chi connectivity index (χ3v) is 10.0. The molecule has 1 fully saturated rings. The topological polar surface area (TPSA) is 35.5 Å². The predicted molar refractivity (Wildman–Crippen MR) is 107 cm³/mol. The van der Waals surface area contributed by atoms with E-state index in [9.17, 15) is 4.79 Å². The Hall–Kier alpha value is -1.75. The molecule has 3 rings (SSSR count). The Bertz CT molecular complexity index is 697. The minimum absolute atomic E-state index is 0.0977. The van der Waals surface area contributed by atoms with Crippen molar-refractivity contribution in [3.05, 3.63) is 60.7 Å². The average Bonchev–Trinajstić information content (AvgIpc) is 2.59. The average molecular weight is 369 g/mol. The number of hydrogen-bond donors (Lipinski definition) is 0. The fourth-order valence-electron chi connectivity index (χ4n) is 3.90. The highest BCUT2D eigenvalue weighted by molar-refractivity contribution is 6.99. The standard InChI is InChI=1S/C22H28O3Si/c1-17-15-18(23)16-21(24-17)25-26(22(2,3)4,19-11-7-5-8-12-19)20-13-9-6-10-14-20/h5-14,17,21H,15-16H2,1-4H3/t17-,21+/m0/s1. The predicted octanol–water partition coefficient (Wildman–Crippen LogP) is 3.66. The quantitative estimate of drug-likeness (QED) is 0.773. The summed E-state index contributed by atoms with van der Waals surface area (Å²) in [5.74, 6) is 0.215. The van der Waals surface area contributed by atoms with E-state index in [4.69, 9.17) is 9.16 Å². The normalized spacial score (nSPS) is 21.6. The Morgan fingerprint density at radius 2 is 1.42 bits per heavy atom. The van der Waals surface area contributed by atoms with Gasteiger partial charge in [-0.15, -0.1) is 0 Å². The van der Waals surface area contributed by atoms with Crippen LogP contribution in [0.5, 0.6) is 0 Å². The van der Waals surface area contributed by atoms with Crippen LogP contribution in [0.1, 0.15) is 40.5 Å². The second kappa shape index (κ2) is 7.47. The number of hydrogen-bond acceptors (Lipinski definition) is 3. The van der Waals surface area contributed by atoms with Crippen molar-refractivity contribution in [3.8, 4) is 0 Å². The zero-order chi connectivity index (χ0) is 18.8. The van der Waals surface area contributed by atoms with Gasteiger partial charge < -0.3 is 9.16 Å². The maximum atomic E-state index is 12.1. The number of rotatable bonds is 4. The van der Waals surface area contributed by atoms with Gasteiger partial charge in [0.1, 0.15) is 5.78 Å². The molecule has 1 heterocycles. The summed E-state index contributed by atoms with van der Waals surface area (Å²) in [6, 6.07) is 20.9. The summed E-state index contributed by atoms with van der Waals surface area (Å²) in [4.78, 5) is 12.1. The lowest BCUT2D eigenvalue weighted by Gasteiger charge is -2.45. The van der Waals surface area contributed by atoms with Crippen LogP contribution in [0.3, 0.4) is 0 Å². The lowest BCUT2D eigenvalue weighted by atomic mass is 10.1. The third-order valence-electron chi connectivity index (χ3n) is 5.02. The molecule has 0 radical (unpaired) electrons. The molecule has 0 aromatic heterocycles. The van der Waals surface area contributed by atoms with E-state index in [0.717, 1.165) is 0 Å². The molecule has 1 aliphatic heterocycles. The first-order valence-corrected chi connectivity index (χ1v) is 11.2. The van der Waals surface area contributed by atoms with Crippen molar-refractivity contribution in [2.75, 3.05) is 0 Å². The molecular formula is C22H28O3Si. The van der Waals surface area contributed by atoms with Gasteiger partial charge in [-0.2, -0.15) is 0 Å². The van der Waals surface area contributed by atoms with Crippen molar-refractivity contribution in [2.24, 2.45) is 0 Å². The van der Waals surface area contributed by atoms with Gasteiger partial charge in [-0.1, -0.05) is 81.4 Å². The number of carbonyl (C=O) groups is 1. The van der Waals surface area contributed by atoms with Crippen LogP contribution in [0, 0.1) is 0 Å². The second-order valence-electron chi connectivity index (χ2n) is 8.10. The molecule has 3 nitrogen and oxygen atoms in total. The minimum Gasteiger partial charge on any atom is -0.382 e. The number of ketones is 1. The van der Waals surface area contributed by atoms with Crippen LogP contribution >= 0.6 is 0 Å². The molecular weight excluding hydrogens is 340 g/mol. The van der Waals surface area contributed by atoms with Crippen molar-refractivity contribution >= 4 is 24.5 Å². The molecule has 0 unspecified atom stereocenters. The molecule has 2 aromatic carbocycles. The summed E-state index contributed by atoms with van der Waals surface area (Å²) in [5, 5.41) is 2.28. The van der Waals surface area contributed by atoms with Crippen LogP contribution in [0.15, 0.2) is 60.7 Å². The van der Waals surface area contributed by atoms with Crippen LogP contribution in [0.2, 0.25) is 5.04 Å². The van der Waals surface area contributed by atoms with Gasteiger partial charge in [-0.3, -0.25) is 4.79 Å². The molecule has 0 bridgehead atoms. The van der Waals surface area contributed by atoms with E-state index in [1.54, 1.807) is 0 Å². The zero-order valence-electron chi connectivity index (χ0n) is 16.1. The first-order valence-electron chi connectivity index (χ1n) is 9.29. The smallest absolute Gasteiger partial charge is 0.264 e. The Morgan fingerprint density at radius 1 is 0.923 bits per heavy atom. The highest BCUT2D eigenvalue weighted by atomic mass is 28.4. The molecule has 0 spiro atoms. The summed E-state index contributed by atoms with van der Waals surface area (Å²) < 4.78 is 12.9. The van der Waals surface area contributed by atoms with E-state index >= 15 is 0 Å². The van der Waals surface area contributed by atoms with E-state index in [1.165, 1.54) is 10.4 Å². The van der Waals surface area contributed by atoms with E-state index in [0.29, 0.717) is 12.8 Å². The van der Waals surface area contributed by atoms with Gasteiger partial charge in [0.2, 0.25) is 0 Å². The Balaban J connectivity index is 2.13. The Morgan fingerprint density at radius 3 is 1.85 bits per heavy atom. The highest BCUT2D eigenvalue weighted by Crippen LogP contribution is 2.38. The Labute approximate surface area is 157 Å². The zero-order valence-corrected chi connectivity index (χ0v) is 17.1. The van der Waals surface area contributed by atoms with Crippen LogP contribution in [0.25, 0.3) is 0 Å². The summed E-state index contributed by atoms with van der Waals surface area (Å²) in [5.41, 5.74) is 0. The van der Waals surface area contributed by atoms with Crippen molar-refractivity contribution in [1.82, 2.24) is 0 Å². The molecule has 0 saturated carbocycles. The first-order chi connectivity index (χ1) is 12.3. The number of Topliss-reactive ketones (excluding diaryl/α,β-unsaturated/α-hetero) is 1. The van der Waals surface area contributed by atoms with E-state index in [1.807, 2.05) is 19.1 Å². The van der Waals surface area contributed by atoms with Gasteiger partial charge in [0.05, 0.1) is 12.5 Å². The van der Waals surface area contributed by atoms with Crippen molar-refractivity contribution in [2.45, 2.75) is 58.0 Å². The lowest BCUT2D eigenvalue weighted by Crippen LogP contribution is -2.68. The van der Waals surface area contributed by atoms with Gasteiger partial charge in [0, 0.05) is 6.42 Å². The summed E-state index contributed by atoms with van der Waals surface area (Å²) in [6.45, 7) is 8.63. The van der Waals surface area contributed by atoms with Crippen LogP contribution in [0.4, 0.5) is 0 Å². The van der Waals surface area contributed by atoms with Crippen LogP contribution in [-0.2, 0) is 14.0 Å². The van der Waals surface area contributed by atoms with E-state index < -0.39 is 14.6 Å². The Kier molecular flexibility index (Phi) is 5.46. The van der Waals surface area contributed by atoms with Crippen LogP contribution < -0.4 is 10.4 Å². The largest absolute Gasteiger partial charge is 0.382 e. The third kappa shape index (κ3) is 3.68. The van der Waals surface area contributed by atoms with Crippen LogP contribution in [-0.4, -0.2) is 26.5 Å². The van der Waals surface area contributed by atoms with Crippen molar-refractivity contribution < 1.29 is 14.0 Å². The number of benzene rings is 2. The fraction of sp³-hybridized carbons (Fsp3) is 0.409. The fourth-order valence-corrected chi connectivity index (χ4v) is 8.45. The van der Waals surface area contributed by atoms with Gasteiger partial charge in [0.25, 0.3) is 8.32 Å². The van der Waals surface area contributed by atoms with Gasteiger partial charge in [-0.05, 0) is 22.3 Å². The molecule has 1 aliphatic rings. The molecule has 0 N–H and O–H groups in total.